The van der Waals surface area contributed by atoms with Gasteiger partial charge in [0.15, 0.2) is 5.96 Å². The van der Waals surface area contributed by atoms with E-state index in [4.69, 9.17) is 17.2 Å². The smallest absolute Gasteiger partial charge is 0.243 e. The number of nitrogens with zero attached hydrogens (tertiary/aromatic N) is 2. The number of hydrogen-bond acceptors (Lipinski definition) is 6. The Labute approximate surface area is 252 Å². The minimum absolute atomic E-state index is 0.0319. The van der Waals surface area contributed by atoms with Gasteiger partial charge in [0.2, 0.25) is 17.7 Å². The Bertz CT molecular complexity index is 1290. The predicted octanol–water partition coefficient (Wildman–Crippen LogP) is 1.13. The maximum atomic E-state index is 13.5. The van der Waals surface area contributed by atoms with E-state index in [1.54, 1.807) is 6.20 Å². The molecular weight excluding hydrogens is 546 g/mol. The van der Waals surface area contributed by atoms with E-state index in [1.165, 1.54) is 6.33 Å². The number of guanidine groups is 1. The number of carbonyl (C=O) groups is 3. The van der Waals surface area contributed by atoms with Gasteiger partial charge in [-0.05, 0) is 55.3 Å². The Morgan fingerprint density at radius 2 is 1.60 bits per heavy atom. The van der Waals surface area contributed by atoms with Crippen LogP contribution in [0.25, 0.3) is 11.1 Å². The van der Waals surface area contributed by atoms with Crippen molar-refractivity contribution in [2.75, 3.05) is 19.6 Å². The van der Waals surface area contributed by atoms with Crippen LogP contribution in [-0.4, -0.2) is 65.4 Å². The van der Waals surface area contributed by atoms with Crippen molar-refractivity contribution >= 4 is 23.7 Å². The molecule has 0 radical (unpaired) electrons. The molecule has 1 aromatic heterocycles. The topological polar surface area (TPSA) is 206 Å². The molecule has 3 rings (SSSR count). The van der Waals surface area contributed by atoms with E-state index in [9.17, 15) is 14.4 Å². The van der Waals surface area contributed by atoms with Crippen molar-refractivity contribution in [3.63, 3.8) is 0 Å². The Kier molecular flexibility index (Phi) is 13.7. The van der Waals surface area contributed by atoms with Gasteiger partial charge in [0.25, 0.3) is 0 Å². The van der Waals surface area contributed by atoms with Gasteiger partial charge in [0.05, 0.1) is 12.7 Å². The molecule has 3 amide bonds. The second-order valence-corrected chi connectivity index (χ2v) is 10.3. The maximum Gasteiger partial charge on any atom is 0.243 e. The van der Waals surface area contributed by atoms with Crippen molar-refractivity contribution < 1.29 is 14.4 Å². The Morgan fingerprint density at radius 3 is 2.28 bits per heavy atom. The Morgan fingerprint density at radius 1 is 0.860 bits per heavy atom. The molecule has 2 aromatic carbocycles. The summed E-state index contributed by atoms with van der Waals surface area (Å²) in [7, 11) is 0. The number of benzene rings is 2. The molecule has 0 saturated heterocycles. The van der Waals surface area contributed by atoms with Crippen LogP contribution in [0.1, 0.15) is 43.4 Å². The first-order valence-corrected chi connectivity index (χ1v) is 14.6. The molecule has 0 spiro atoms. The highest BCUT2D eigenvalue weighted by molar-refractivity contribution is 5.92. The molecule has 0 unspecified atom stereocenters. The highest BCUT2D eigenvalue weighted by atomic mass is 16.2. The van der Waals surface area contributed by atoms with E-state index in [1.807, 2.05) is 54.6 Å². The maximum absolute atomic E-state index is 13.5. The zero-order chi connectivity index (χ0) is 30.9. The molecule has 0 saturated carbocycles. The molecule has 0 bridgehead atoms. The van der Waals surface area contributed by atoms with E-state index < -0.39 is 18.0 Å². The van der Waals surface area contributed by atoms with Crippen LogP contribution in [0.2, 0.25) is 0 Å². The number of aromatic nitrogens is 2. The van der Waals surface area contributed by atoms with Gasteiger partial charge in [0.1, 0.15) is 12.1 Å². The average molecular weight is 590 g/mol. The van der Waals surface area contributed by atoms with Gasteiger partial charge in [-0.1, -0.05) is 54.6 Å². The molecule has 43 heavy (non-hydrogen) atoms. The van der Waals surface area contributed by atoms with Crippen LogP contribution in [0, 0.1) is 0 Å². The molecule has 0 aliphatic carbocycles. The first-order chi connectivity index (χ1) is 20.9. The summed E-state index contributed by atoms with van der Waals surface area (Å²) in [4.78, 5) is 50.5. The number of aliphatic imine (C=N–C) groups is 1. The quantitative estimate of drug-likeness (QED) is 0.0653. The zero-order valence-electron chi connectivity index (χ0n) is 24.4. The van der Waals surface area contributed by atoms with Crippen molar-refractivity contribution in [3.8, 4) is 11.1 Å². The number of carbonyl (C=O) groups excluding carboxylic acids is 3. The minimum Gasteiger partial charge on any atom is -0.370 e. The second-order valence-electron chi connectivity index (χ2n) is 10.3. The molecule has 3 aromatic rings. The minimum atomic E-state index is -0.916. The molecule has 230 valence electrons. The summed E-state index contributed by atoms with van der Waals surface area (Å²) in [6.07, 6.45) is 6.58. The van der Waals surface area contributed by atoms with Crippen LogP contribution in [0.15, 0.2) is 72.1 Å². The van der Waals surface area contributed by atoms with E-state index in [-0.39, 0.29) is 30.6 Å². The van der Waals surface area contributed by atoms with E-state index in [0.717, 1.165) is 23.1 Å². The highest BCUT2D eigenvalue weighted by Crippen LogP contribution is 2.19. The summed E-state index contributed by atoms with van der Waals surface area (Å²) >= 11 is 0. The lowest BCUT2D eigenvalue weighted by molar-refractivity contribution is -0.132. The van der Waals surface area contributed by atoms with Gasteiger partial charge in [-0.25, -0.2) is 4.98 Å². The lowest BCUT2D eigenvalue weighted by Crippen LogP contribution is -2.54. The molecule has 2 atom stereocenters. The number of amides is 3. The van der Waals surface area contributed by atoms with Crippen molar-refractivity contribution in [1.29, 1.82) is 0 Å². The lowest BCUT2D eigenvalue weighted by atomic mass is 10.0. The van der Waals surface area contributed by atoms with Gasteiger partial charge < -0.3 is 38.1 Å². The highest BCUT2D eigenvalue weighted by Gasteiger charge is 2.27. The number of rotatable bonds is 18. The molecule has 10 N–H and O–H groups in total. The zero-order valence-corrected chi connectivity index (χ0v) is 24.4. The Balaban J connectivity index is 1.62. The molecular formula is C31H43N9O3. The van der Waals surface area contributed by atoms with Crippen molar-refractivity contribution in [2.45, 2.75) is 57.0 Å². The lowest BCUT2D eigenvalue weighted by Gasteiger charge is -2.23. The summed E-state index contributed by atoms with van der Waals surface area (Å²) in [5.41, 5.74) is 20.0. The first kappa shape index (κ1) is 32.8. The van der Waals surface area contributed by atoms with Crippen molar-refractivity contribution in [2.24, 2.45) is 22.2 Å². The standard InChI is InChI=1S/C31H43N9O3/c32-15-5-4-10-26(29(42)36-16-6-7-17-37-31(33)34)40-30(43)27(19-25-20-35-21-38-25)39-28(41)18-22-11-13-24(14-12-22)23-8-2-1-3-9-23/h1-3,8-9,11-14,20-21,26-27H,4-7,10,15-19,32H2,(H,35,38)(H,36,42)(H,39,41)(H,40,43)(H4,33,34,37)/t26-,27-/m0/s1. The van der Waals surface area contributed by atoms with Crippen molar-refractivity contribution in [3.05, 3.63) is 78.4 Å². The second kappa shape index (κ2) is 18.0. The number of aromatic amines is 1. The molecule has 1 heterocycles. The monoisotopic (exact) mass is 589 g/mol. The van der Waals surface area contributed by atoms with Crippen LogP contribution >= 0.6 is 0 Å². The SMILES string of the molecule is NCCCC[C@H](NC(=O)[C@H](Cc1cnc[nH]1)NC(=O)Cc1ccc(-c2ccccc2)cc1)C(=O)NCCCCN=C(N)N. The molecule has 0 aliphatic heterocycles. The van der Waals surface area contributed by atoms with Crippen LogP contribution in [0.3, 0.4) is 0 Å². The number of H-pyrrole nitrogens is 1. The third kappa shape index (κ3) is 12.0. The molecule has 12 heteroatoms. The number of hydrogen-bond donors (Lipinski definition) is 7. The third-order valence-electron chi connectivity index (χ3n) is 6.81. The summed E-state index contributed by atoms with van der Waals surface area (Å²) in [6, 6.07) is 16.0. The number of unbranched alkanes of at least 4 members (excludes halogenated alkanes) is 2. The molecule has 0 aliphatic rings. The average Bonchev–Trinajstić information content (AvgIpc) is 3.52. The summed E-state index contributed by atoms with van der Waals surface area (Å²) in [6.45, 7) is 1.37. The summed E-state index contributed by atoms with van der Waals surface area (Å²) < 4.78 is 0. The fourth-order valence-electron chi connectivity index (χ4n) is 4.52. The summed E-state index contributed by atoms with van der Waals surface area (Å²) in [5, 5.41) is 8.59. The summed E-state index contributed by atoms with van der Waals surface area (Å²) in [5.74, 6) is -1.03. The third-order valence-corrected chi connectivity index (χ3v) is 6.81. The fourth-order valence-corrected chi connectivity index (χ4v) is 4.52. The fraction of sp³-hybridized carbons (Fsp3) is 0.387. The van der Waals surface area contributed by atoms with Crippen LogP contribution in [-0.2, 0) is 27.2 Å². The Hall–Kier alpha value is -4.71. The van der Waals surface area contributed by atoms with Crippen LogP contribution in [0.4, 0.5) is 0 Å². The van der Waals surface area contributed by atoms with E-state index in [0.29, 0.717) is 51.0 Å². The molecule has 12 nitrogen and oxygen atoms in total. The van der Waals surface area contributed by atoms with E-state index in [2.05, 4.69) is 30.9 Å². The molecule has 0 fully saturated rings. The van der Waals surface area contributed by atoms with Gasteiger partial charge in [0, 0.05) is 31.4 Å². The van der Waals surface area contributed by atoms with Crippen molar-refractivity contribution in [1.82, 2.24) is 25.9 Å². The van der Waals surface area contributed by atoms with Gasteiger partial charge in [-0.15, -0.1) is 0 Å². The van der Waals surface area contributed by atoms with Gasteiger partial charge in [-0.2, -0.15) is 0 Å². The number of nitrogens with one attached hydrogen (secondary N) is 4. The van der Waals surface area contributed by atoms with Gasteiger partial charge in [-0.3, -0.25) is 19.4 Å². The van der Waals surface area contributed by atoms with Crippen LogP contribution in [0.5, 0.6) is 0 Å². The number of imidazole rings is 1. The first-order valence-electron chi connectivity index (χ1n) is 14.6. The normalized spacial score (nSPS) is 12.1. The van der Waals surface area contributed by atoms with E-state index >= 15 is 0 Å². The largest absolute Gasteiger partial charge is 0.370 e. The van der Waals surface area contributed by atoms with Gasteiger partial charge >= 0.3 is 0 Å². The predicted molar refractivity (Wildman–Crippen MR) is 168 cm³/mol. The van der Waals surface area contributed by atoms with Crippen LogP contribution < -0.4 is 33.2 Å². The number of nitrogens with two attached hydrogens (primary N) is 3.